The van der Waals surface area contributed by atoms with Gasteiger partial charge in [0, 0.05) is 30.2 Å². The molecule has 1 aliphatic carbocycles. The standard InChI is InChI=1S/C25H27N5O/c1-16(18-6-4-7-19(14-18)26-3)27-25-22-15-23(30-10-12-31-13-11-30)20-8-5-9-21(20)24(22)28-17(2)29-25/h4,6-7,14-16H,5,8-13H2,1-2H3,(H,27,28,29)/t16-/m1/s1. The van der Waals surface area contributed by atoms with Crippen LogP contribution in [0.15, 0.2) is 30.3 Å². The van der Waals surface area contributed by atoms with Crippen LogP contribution < -0.4 is 10.2 Å². The molecular weight excluding hydrogens is 386 g/mol. The molecule has 158 valence electrons. The van der Waals surface area contributed by atoms with Crippen LogP contribution in [0.5, 0.6) is 0 Å². The van der Waals surface area contributed by atoms with E-state index in [0.717, 1.165) is 67.3 Å². The van der Waals surface area contributed by atoms with Crippen molar-refractivity contribution in [1.29, 1.82) is 0 Å². The van der Waals surface area contributed by atoms with Crippen molar-refractivity contribution in [3.63, 3.8) is 0 Å². The molecule has 5 rings (SSSR count). The van der Waals surface area contributed by atoms with Gasteiger partial charge in [-0.05, 0) is 55.9 Å². The molecule has 6 nitrogen and oxygen atoms in total. The second-order valence-electron chi connectivity index (χ2n) is 8.39. The average Bonchev–Trinajstić information content (AvgIpc) is 3.29. The van der Waals surface area contributed by atoms with Crippen LogP contribution in [0.3, 0.4) is 0 Å². The molecular formula is C25H27N5O. The Balaban J connectivity index is 1.60. The minimum Gasteiger partial charge on any atom is -0.378 e. The van der Waals surface area contributed by atoms with Crippen molar-refractivity contribution in [2.45, 2.75) is 39.2 Å². The zero-order valence-electron chi connectivity index (χ0n) is 18.1. The fourth-order valence-electron chi connectivity index (χ4n) is 4.81. The molecule has 0 saturated carbocycles. The van der Waals surface area contributed by atoms with E-state index in [4.69, 9.17) is 21.3 Å². The highest BCUT2D eigenvalue weighted by atomic mass is 16.5. The molecule has 1 aromatic heterocycles. The zero-order chi connectivity index (χ0) is 21.4. The highest BCUT2D eigenvalue weighted by Crippen LogP contribution is 2.39. The normalized spacial score (nSPS) is 16.7. The van der Waals surface area contributed by atoms with Crippen molar-refractivity contribution in [3.8, 4) is 0 Å². The molecule has 0 amide bonds. The minimum absolute atomic E-state index is 0.0271. The molecule has 3 aromatic rings. The SMILES string of the molecule is [C-]#[N+]c1cccc([C@@H](C)Nc2nc(C)nc3c4c(c(N5CCOCC5)cc23)CCC4)c1. The fourth-order valence-corrected chi connectivity index (χ4v) is 4.81. The van der Waals surface area contributed by atoms with E-state index in [1.165, 1.54) is 23.2 Å². The maximum atomic E-state index is 7.30. The largest absolute Gasteiger partial charge is 0.378 e. The van der Waals surface area contributed by atoms with Gasteiger partial charge in [0.25, 0.3) is 0 Å². The van der Waals surface area contributed by atoms with Gasteiger partial charge in [-0.15, -0.1) is 0 Å². The monoisotopic (exact) mass is 413 g/mol. The van der Waals surface area contributed by atoms with Gasteiger partial charge in [0.05, 0.1) is 25.3 Å². The molecule has 0 spiro atoms. The summed E-state index contributed by atoms with van der Waals surface area (Å²) in [5, 5.41) is 4.70. The Morgan fingerprint density at radius 2 is 1.94 bits per heavy atom. The number of fused-ring (bicyclic) bond motifs is 3. The van der Waals surface area contributed by atoms with Crippen molar-refractivity contribution in [3.05, 3.63) is 64.3 Å². The molecule has 1 N–H and O–H groups in total. The van der Waals surface area contributed by atoms with E-state index in [0.29, 0.717) is 5.69 Å². The third-order valence-corrected chi connectivity index (χ3v) is 6.36. The number of hydrogen-bond acceptors (Lipinski definition) is 5. The van der Waals surface area contributed by atoms with Crippen LogP contribution in [0.1, 0.15) is 41.9 Å². The highest BCUT2D eigenvalue weighted by molar-refractivity contribution is 5.96. The summed E-state index contributed by atoms with van der Waals surface area (Å²) >= 11 is 0. The predicted octanol–water partition coefficient (Wildman–Crippen LogP) is 4.99. The number of ether oxygens (including phenoxy) is 1. The van der Waals surface area contributed by atoms with E-state index >= 15 is 0 Å². The number of nitrogens with one attached hydrogen (secondary N) is 1. The zero-order valence-corrected chi connectivity index (χ0v) is 18.1. The first-order chi connectivity index (χ1) is 15.1. The second-order valence-corrected chi connectivity index (χ2v) is 8.39. The highest BCUT2D eigenvalue weighted by Gasteiger charge is 2.25. The maximum Gasteiger partial charge on any atom is 0.187 e. The Morgan fingerprint density at radius 3 is 2.74 bits per heavy atom. The number of aromatic nitrogens is 2. The quantitative estimate of drug-likeness (QED) is 0.611. The van der Waals surface area contributed by atoms with Gasteiger partial charge in [-0.3, -0.25) is 0 Å². The summed E-state index contributed by atoms with van der Waals surface area (Å²) in [6, 6.07) is 10.1. The van der Waals surface area contributed by atoms with Crippen LogP contribution in [0.2, 0.25) is 0 Å². The predicted molar refractivity (Wildman–Crippen MR) is 124 cm³/mol. The lowest BCUT2D eigenvalue weighted by atomic mass is 10.0. The molecule has 0 unspecified atom stereocenters. The molecule has 2 heterocycles. The maximum absolute atomic E-state index is 7.30. The minimum atomic E-state index is 0.0271. The molecule has 1 saturated heterocycles. The number of nitrogens with zero attached hydrogens (tertiary/aromatic N) is 4. The van der Waals surface area contributed by atoms with Gasteiger partial charge in [0.1, 0.15) is 11.6 Å². The first-order valence-corrected chi connectivity index (χ1v) is 11.0. The molecule has 6 heteroatoms. The van der Waals surface area contributed by atoms with Crippen LogP contribution in [0.25, 0.3) is 15.7 Å². The number of rotatable bonds is 4. The summed E-state index contributed by atoms with van der Waals surface area (Å²) in [7, 11) is 0. The van der Waals surface area contributed by atoms with E-state index < -0.39 is 0 Å². The smallest absolute Gasteiger partial charge is 0.187 e. The molecule has 0 bridgehead atoms. The Kier molecular flexibility index (Phi) is 5.21. The lowest BCUT2D eigenvalue weighted by Crippen LogP contribution is -2.36. The molecule has 1 fully saturated rings. The second kappa shape index (κ2) is 8.16. The topological polar surface area (TPSA) is 54.6 Å². The van der Waals surface area contributed by atoms with Crippen molar-refractivity contribution in [1.82, 2.24) is 9.97 Å². The number of anilines is 2. The van der Waals surface area contributed by atoms with Gasteiger partial charge in [-0.1, -0.05) is 24.3 Å². The van der Waals surface area contributed by atoms with Gasteiger partial charge in [0.15, 0.2) is 5.69 Å². The van der Waals surface area contributed by atoms with E-state index in [1.54, 1.807) is 0 Å². The van der Waals surface area contributed by atoms with E-state index in [2.05, 4.69) is 34.1 Å². The fraction of sp³-hybridized carbons (Fsp3) is 0.400. The van der Waals surface area contributed by atoms with Gasteiger partial charge >= 0.3 is 0 Å². The lowest BCUT2D eigenvalue weighted by Gasteiger charge is -2.31. The molecule has 2 aliphatic rings. The van der Waals surface area contributed by atoms with Crippen LogP contribution in [-0.2, 0) is 17.6 Å². The van der Waals surface area contributed by atoms with Crippen LogP contribution in [0.4, 0.5) is 17.2 Å². The van der Waals surface area contributed by atoms with Gasteiger partial charge in [-0.25, -0.2) is 14.8 Å². The molecule has 2 aromatic carbocycles. The van der Waals surface area contributed by atoms with E-state index in [1.807, 2.05) is 25.1 Å². The summed E-state index contributed by atoms with van der Waals surface area (Å²) in [5.41, 5.74) is 6.98. The van der Waals surface area contributed by atoms with E-state index in [-0.39, 0.29) is 6.04 Å². The first-order valence-electron chi connectivity index (χ1n) is 11.0. The summed E-state index contributed by atoms with van der Waals surface area (Å²) in [4.78, 5) is 15.7. The summed E-state index contributed by atoms with van der Waals surface area (Å²) in [6.45, 7) is 14.8. The van der Waals surface area contributed by atoms with Crippen LogP contribution >= 0.6 is 0 Å². The summed E-state index contributed by atoms with van der Waals surface area (Å²) in [6.07, 6.45) is 3.36. The van der Waals surface area contributed by atoms with Crippen molar-refractivity contribution < 1.29 is 4.74 Å². The van der Waals surface area contributed by atoms with Gasteiger partial charge in [-0.2, -0.15) is 0 Å². The Labute approximate surface area is 183 Å². The van der Waals surface area contributed by atoms with Crippen LogP contribution in [0, 0.1) is 13.5 Å². The lowest BCUT2D eigenvalue weighted by molar-refractivity contribution is 0.122. The summed E-state index contributed by atoms with van der Waals surface area (Å²) < 4.78 is 5.59. The van der Waals surface area contributed by atoms with Gasteiger partial charge < -0.3 is 15.0 Å². The number of benzene rings is 2. The molecule has 0 radical (unpaired) electrons. The van der Waals surface area contributed by atoms with Crippen molar-refractivity contribution in [2.75, 3.05) is 36.5 Å². The first kappa shape index (κ1) is 19.8. The number of hydrogen-bond donors (Lipinski definition) is 1. The number of morpholine rings is 1. The number of aryl methyl sites for hydroxylation is 2. The Morgan fingerprint density at radius 1 is 1.13 bits per heavy atom. The molecule has 1 aliphatic heterocycles. The third-order valence-electron chi connectivity index (χ3n) is 6.36. The van der Waals surface area contributed by atoms with Crippen LogP contribution in [-0.4, -0.2) is 36.3 Å². The average molecular weight is 414 g/mol. The Hall–Kier alpha value is -3.17. The van der Waals surface area contributed by atoms with Gasteiger partial charge in [0.2, 0.25) is 0 Å². The summed E-state index contributed by atoms with van der Waals surface area (Å²) in [5.74, 6) is 1.65. The Bertz CT molecular complexity index is 1180. The van der Waals surface area contributed by atoms with Crippen molar-refractivity contribution in [2.24, 2.45) is 0 Å². The molecule has 1 atom stereocenters. The van der Waals surface area contributed by atoms with E-state index in [9.17, 15) is 0 Å². The van der Waals surface area contributed by atoms with Crippen molar-refractivity contribution >= 4 is 28.1 Å². The third kappa shape index (κ3) is 3.70. The molecule has 31 heavy (non-hydrogen) atoms.